The average molecular weight is 192 g/mol. The molecule has 2 heterocycles. The molecule has 0 saturated carbocycles. The van der Waals surface area contributed by atoms with Crippen molar-refractivity contribution in [1.82, 2.24) is 9.38 Å². The van der Waals surface area contributed by atoms with Crippen molar-refractivity contribution in [2.24, 2.45) is 0 Å². The molecule has 3 nitrogen and oxygen atoms in total. The summed E-state index contributed by atoms with van der Waals surface area (Å²) < 4.78 is 1.82. The summed E-state index contributed by atoms with van der Waals surface area (Å²) >= 11 is 1.57. The third-order valence-electron chi connectivity index (χ3n) is 1.90. The summed E-state index contributed by atoms with van der Waals surface area (Å²) in [4.78, 5) is 6.01. The van der Waals surface area contributed by atoms with Gasteiger partial charge in [-0.3, -0.25) is 4.40 Å². The number of rotatable bonds is 1. The maximum atomic E-state index is 9.54. The molecule has 0 radical (unpaired) electrons. The van der Waals surface area contributed by atoms with Crippen LogP contribution in [0.25, 0.3) is 4.83 Å². The number of aliphatic hydroxyl groups is 1. The molecule has 0 bridgehead atoms. The van der Waals surface area contributed by atoms with E-state index in [1.54, 1.807) is 23.9 Å². The predicted molar refractivity (Wildman–Crippen MR) is 51.6 cm³/mol. The Morgan fingerprint density at radius 2 is 2.54 bits per heavy atom. The summed E-state index contributed by atoms with van der Waals surface area (Å²) in [6, 6.07) is 0. The van der Waals surface area contributed by atoms with Crippen LogP contribution < -0.4 is 0 Å². The van der Waals surface area contributed by atoms with Crippen LogP contribution >= 0.6 is 11.3 Å². The van der Waals surface area contributed by atoms with Gasteiger partial charge in [-0.15, -0.1) is 17.8 Å². The van der Waals surface area contributed by atoms with Crippen LogP contribution in [0.4, 0.5) is 0 Å². The van der Waals surface area contributed by atoms with Crippen LogP contribution in [0.15, 0.2) is 12.5 Å². The van der Waals surface area contributed by atoms with E-state index in [1.807, 2.05) is 11.3 Å². The van der Waals surface area contributed by atoms with Crippen molar-refractivity contribution in [2.45, 2.75) is 13.0 Å². The van der Waals surface area contributed by atoms with E-state index in [0.717, 1.165) is 15.4 Å². The molecule has 2 rings (SSSR count). The molecule has 1 N–H and O–H groups in total. The quantitative estimate of drug-likeness (QED) is 0.693. The summed E-state index contributed by atoms with van der Waals surface area (Å²) in [5.41, 5.74) is 0.750. The lowest BCUT2D eigenvalue weighted by atomic mass is 10.2. The van der Waals surface area contributed by atoms with Gasteiger partial charge in [0.05, 0.1) is 11.9 Å². The van der Waals surface area contributed by atoms with E-state index in [0.29, 0.717) is 0 Å². The molecule has 0 amide bonds. The number of hydrogen-bond acceptors (Lipinski definition) is 3. The lowest BCUT2D eigenvalue weighted by molar-refractivity contribution is 0.232. The van der Waals surface area contributed by atoms with Crippen LogP contribution in [-0.2, 0) is 0 Å². The summed E-state index contributed by atoms with van der Waals surface area (Å²) in [6.07, 6.45) is 7.73. The number of thiazole rings is 1. The molecule has 13 heavy (non-hydrogen) atoms. The second-order valence-electron chi connectivity index (χ2n) is 2.71. The first-order valence-electron chi connectivity index (χ1n) is 3.79. The second kappa shape index (κ2) is 2.87. The van der Waals surface area contributed by atoms with Crippen molar-refractivity contribution in [1.29, 1.82) is 0 Å². The van der Waals surface area contributed by atoms with Crippen LogP contribution in [-0.4, -0.2) is 14.5 Å². The molecular formula is C9H8N2OS. The van der Waals surface area contributed by atoms with Crippen molar-refractivity contribution in [3.8, 4) is 12.3 Å². The standard InChI is InChI=1S/C9H8N2OS/c1-3-7(12)9-6(2)13-8-4-10-5-11(8)9/h1,4-5,7,12H,2H3. The first-order chi connectivity index (χ1) is 6.24. The van der Waals surface area contributed by atoms with Crippen LogP contribution in [0.3, 0.4) is 0 Å². The molecule has 4 heteroatoms. The van der Waals surface area contributed by atoms with Crippen molar-refractivity contribution in [3.05, 3.63) is 23.1 Å². The van der Waals surface area contributed by atoms with Gasteiger partial charge < -0.3 is 5.11 Å². The topological polar surface area (TPSA) is 37.5 Å². The van der Waals surface area contributed by atoms with Crippen LogP contribution in [0.5, 0.6) is 0 Å². The molecule has 1 atom stereocenters. The zero-order valence-corrected chi connectivity index (χ0v) is 7.88. The monoisotopic (exact) mass is 192 g/mol. The molecule has 2 aromatic heterocycles. The summed E-state index contributed by atoms with van der Waals surface area (Å²) in [6.45, 7) is 1.94. The molecule has 1 unspecified atom stereocenters. The normalized spacial score (nSPS) is 13.0. The van der Waals surface area contributed by atoms with E-state index >= 15 is 0 Å². The maximum absolute atomic E-state index is 9.54. The zero-order valence-electron chi connectivity index (χ0n) is 7.06. The van der Waals surface area contributed by atoms with E-state index < -0.39 is 6.10 Å². The highest BCUT2D eigenvalue weighted by molar-refractivity contribution is 7.17. The number of imidazole rings is 1. The van der Waals surface area contributed by atoms with Gasteiger partial charge >= 0.3 is 0 Å². The van der Waals surface area contributed by atoms with E-state index in [2.05, 4.69) is 10.9 Å². The SMILES string of the molecule is C#CC(O)c1c(C)sc2cncn12. The highest BCUT2D eigenvalue weighted by Crippen LogP contribution is 2.26. The predicted octanol–water partition coefficient (Wildman–Crippen LogP) is 1.37. The summed E-state index contributed by atoms with van der Waals surface area (Å²) in [5.74, 6) is 2.30. The molecule has 0 aliphatic heterocycles. The van der Waals surface area contributed by atoms with Crippen LogP contribution in [0.2, 0.25) is 0 Å². The van der Waals surface area contributed by atoms with Crippen molar-refractivity contribution in [2.75, 3.05) is 0 Å². The molecule has 0 fully saturated rings. The number of terminal acetylenes is 1. The second-order valence-corrected chi connectivity index (χ2v) is 3.95. The van der Waals surface area contributed by atoms with Gasteiger partial charge in [0.2, 0.25) is 0 Å². The van der Waals surface area contributed by atoms with Crippen molar-refractivity contribution < 1.29 is 5.11 Å². The molecule has 66 valence electrons. The smallest absolute Gasteiger partial charge is 0.156 e. The Balaban J connectivity index is 2.72. The largest absolute Gasteiger partial charge is 0.374 e. The molecule has 0 aliphatic rings. The van der Waals surface area contributed by atoms with E-state index in [4.69, 9.17) is 6.42 Å². The fourth-order valence-electron chi connectivity index (χ4n) is 1.32. The Bertz CT molecular complexity index is 477. The van der Waals surface area contributed by atoms with Gasteiger partial charge in [0.15, 0.2) is 6.10 Å². The van der Waals surface area contributed by atoms with Gasteiger partial charge in [-0.05, 0) is 6.92 Å². The molecule has 0 aromatic carbocycles. The summed E-state index contributed by atoms with van der Waals surface area (Å²) in [7, 11) is 0. The molecule has 0 aliphatic carbocycles. The third kappa shape index (κ3) is 1.13. The Kier molecular flexibility index (Phi) is 1.83. The van der Waals surface area contributed by atoms with E-state index in [9.17, 15) is 5.11 Å². The number of nitrogens with zero attached hydrogens (tertiary/aromatic N) is 2. The number of hydrogen-bond donors (Lipinski definition) is 1. The fraction of sp³-hybridized carbons (Fsp3) is 0.222. The third-order valence-corrected chi connectivity index (χ3v) is 2.93. The zero-order chi connectivity index (χ0) is 9.42. The highest BCUT2D eigenvalue weighted by Gasteiger charge is 2.14. The first kappa shape index (κ1) is 8.30. The molecular weight excluding hydrogens is 184 g/mol. The van der Waals surface area contributed by atoms with Crippen molar-refractivity contribution in [3.63, 3.8) is 0 Å². The number of aromatic nitrogens is 2. The molecule has 2 aromatic rings. The number of fused-ring (bicyclic) bond motifs is 1. The van der Waals surface area contributed by atoms with E-state index in [-0.39, 0.29) is 0 Å². The lowest BCUT2D eigenvalue weighted by Gasteiger charge is -2.02. The minimum absolute atomic E-state index is 0.750. The van der Waals surface area contributed by atoms with Crippen LogP contribution in [0.1, 0.15) is 16.7 Å². The molecule has 0 spiro atoms. The Labute approximate surface area is 79.7 Å². The van der Waals surface area contributed by atoms with E-state index in [1.165, 1.54) is 0 Å². The minimum atomic E-state index is -0.844. The first-order valence-corrected chi connectivity index (χ1v) is 4.61. The number of aryl methyl sites for hydroxylation is 1. The van der Waals surface area contributed by atoms with Gasteiger partial charge in [-0.2, -0.15) is 0 Å². The Morgan fingerprint density at radius 3 is 3.23 bits per heavy atom. The van der Waals surface area contributed by atoms with Crippen molar-refractivity contribution >= 4 is 16.2 Å². The minimum Gasteiger partial charge on any atom is -0.374 e. The average Bonchev–Trinajstić information content (AvgIpc) is 2.62. The Morgan fingerprint density at radius 1 is 1.77 bits per heavy atom. The van der Waals surface area contributed by atoms with Gasteiger partial charge in [0, 0.05) is 4.88 Å². The molecule has 0 saturated heterocycles. The van der Waals surface area contributed by atoms with Gasteiger partial charge in [-0.1, -0.05) is 5.92 Å². The van der Waals surface area contributed by atoms with Gasteiger partial charge in [0.25, 0.3) is 0 Å². The lowest BCUT2D eigenvalue weighted by Crippen LogP contribution is -1.99. The maximum Gasteiger partial charge on any atom is 0.156 e. The number of aliphatic hydroxyl groups excluding tert-OH is 1. The van der Waals surface area contributed by atoms with Gasteiger partial charge in [0.1, 0.15) is 11.2 Å². The van der Waals surface area contributed by atoms with Crippen LogP contribution in [0, 0.1) is 19.3 Å². The Hall–Kier alpha value is -1.31. The highest BCUT2D eigenvalue weighted by atomic mass is 32.1. The van der Waals surface area contributed by atoms with Gasteiger partial charge in [-0.25, -0.2) is 4.98 Å². The fourth-order valence-corrected chi connectivity index (χ4v) is 2.31. The summed E-state index contributed by atoms with van der Waals surface area (Å²) in [5, 5.41) is 9.54.